The number of aliphatic hydroxyl groups excluding tert-OH is 1. The Kier molecular flexibility index (Phi) is 4.40. The van der Waals surface area contributed by atoms with E-state index in [1.165, 1.54) is 17.7 Å². The van der Waals surface area contributed by atoms with E-state index >= 15 is 0 Å². The zero-order valence-corrected chi connectivity index (χ0v) is 11.7. The van der Waals surface area contributed by atoms with E-state index in [1.807, 2.05) is 11.7 Å². The fraction of sp³-hybridized carbons (Fsp3) is 0.786. The van der Waals surface area contributed by atoms with Crippen molar-refractivity contribution in [2.75, 3.05) is 0 Å². The van der Waals surface area contributed by atoms with Crippen molar-refractivity contribution in [3.63, 3.8) is 0 Å². The minimum atomic E-state index is -0.116. The molecule has 1 aromatic rings. The Morgan fingerprint density at radius 1 is 1.50 bits per heavy atom. The molecule has 18 heavy (non-hydrogen) atoms. The van der Waals surface area contributed by atoms with E-state index in [1.54, 1.807) is 0 Å². The largest absolute Gasteiger partial charge is 0.393 e. The van der Waals surface area contributed by atoms with Crippen molar-refractivity contribution >= 4 is 0 Å². The highest BCUT2D eigenvalue weighted by atomic mass is 16.3. The molecule has 1 aromatic heterocycles. The molecule has 1 saturated carbocycles. The molecule has 0 spiro atoms. The summed E-state index contributed by atoms with van der Waals surface area (Å²) in [4.78, 5) is 0. The first-order valence-electron chi connectivity index (χ1n) is 7.00. The van der Waals surface area contributed by atoms with Gasteiger partial charge < -0.3 is 10.4 Å². The first-order valence-corrected chi connectivity index (χ1v) is 7.00. The summed E-state index contributed by atoms with van der Waals surface area (Å²) in [6, 6.07) is 0.453. The molecular weight excluding hydrogens is 226 g/mol. The summed E-state index contributed by atoms with van der Waals surface area (Å²) in [5, 5.41) is 17.7. The second-order valence-corrected chi connectivity index (χ2v) is 5.77. The van der Waals surface area contributed by atoms with Crippen LogP contribution in [0, 0.1) is 0 Å². The van der Waals surface area contributed by atoms with Crippen LogP contribution in [0.25, 0.3) is 0 Å². The first kappa shape index (κ1) is 13.6. The van der Waals surface area contributed by atoms with Gasteiger partial charge in [-0.05, 0) is 31.6 Å². The standard InChI is InChI=1S/C14H25N3O/c1-10(2)14-11(9-17(3)16-14)8-15-12-5-4-6-13(18)7-12/h9-10,12-13,15,18H,4-8H2,1-3H3. The molecule has 0 aromatic carbocycles. The van der Waals surface area contributed by atoms with Gasteiger partial charge in [0.1, 0.15) is 0 Å². The van der Waals surface area contributed by atoms with Crippen LogP contribution in [-0.4, -0.2) is 27.0 Å². The average Bonchev–Trinajstić information content (AvgIpc) is 2.68. The number of aromatic nitrogens is 2. The van der Waals surface area contributed by atoms with Crippen LogP contribution in [0.4, 0.5) is 0 Å². The SMILES string of the molecule is CC(C)c1nn(C)cc1CNC1CCCC(O)C1. The van der Waals surface area contributed by atoms with E-state index in [9.17, 15) is 5.11 Å². The molecule has 0 aliphatic heterocycles. The Balaban J connectivity index is 1.93. The predicted octanol–water partition coefficient (Wildman–Crippen LogP) is 1.94. The minimum Gasteiger partial charge on any atom is -0.393 e. The van der Waals surface area contributed by atoms with Gasteiger partial charge in [0.2, 0.25) is 0 Å². The topological polar surface area (TPSA) is 50.1 Å². The normalized spacial score (nSPS) is 24.7. The average molecular weight is 251 g/mol. The number of hydrogen-bond donors (Lipinski definition) is 2. The number of nitrogens with zero attached hydrogens (tertiary/aromatic N) is 2. The third-order valence-electron chi connectivity index (χ3n) is 3.71. The Morgan fingerprint density at radius 2 is 2.28 bits per heavy atom. The number of aryl methyl sites for hydroxylation is 1. The van der Waals surface area contributed by atoms with Gasteiger partial charge in [-0.3, -0.25) is 4.68 Å². The summed E-state index contributed by atoms with van der Waals surface area (Å²) in [7, 11) is 1.97. The molecule has 1 fully saturated rings. The Hall–Kier alpha value is -0.870. The van der Waals surface area contributed by atoms with E-state index in [0.29, 0.717) is 12.0 Å². The van der Waals surface area contributed by atoms with Gasteiger partial charge in [-0.2, -0.15) is 5.10 Å². The molecule has 1 heterocycles. The fourth-order valence-electron chi connectivity index (χ4n) is 2.78. The summed E-state index contributed by atoms with van der Waals surface area (Å²) in [5.74, 6) is 0.458. The highest BCUT2D eigenvalue weighted by molar-refractivity contribution is 5.20. The summed E-state index contributed by atoms with van der Waals surface area (Å²) >= 11 is 0. The second kappa shape index (κ2) is 5.85. The third kappa shape index (κ3) is 3.33. The lowest BCUT2D eigenvalue weighted by atomic mass is 9.93. The molecule has 2 N–H and O–H groups in total. The van der Waals surface area contributed by atoms with Crippen LogP contribution in [0.2, 0.25) is 0 Å². The summed E-state index contributed by atoms with van der Waals surface area (Å²) in [5.41, 5.74) is 2.47. The zero-order chi connectivity index (χ0) is 13.1. The van der Waals surface area contributed by atoms with E-state index in [-0.39, 0.29) is 6.10 Å². The molecule has 4 heteroatoms. The molecule has 2 atom stereocenters. The molecule has 2 rings (SSSR count). The van der Waals surface area contributed by atoms with Crippen molar-refractivity contribution in [3.05, 3.63) is 17.5 Å². The summed E-state index contributed by atoms with van der Waals surface area (Å²) in [6.07, 6.45) is 6.13. The van der Waals surface area contributed by atoms with E-state index < -0.39 is 0 Å². The minimum absolute atomic E-state index is 0.116. The molecule has 0 amide bonds. The van der Waals surface area contributed by atoms with E-state index in [4.69, 9.17) is 0 Å². The smallest absolute Gasteiger partial charge is 0.0694 e. The maximum Gasteiger partial charge on any atom is 0.0694 e. The van der Waals surface area contributed by atoms with Gasteiger partial charge in [0.05, 0.1) is 11.8 Å². The predicted molar refractivity (Wildman–Crippen MR) is 72.4 cm³/mol. The number of nitrogens with one attached hydrogen (secondary N) is 1. The molecule has 0 bridgehead atoms. The van der Waals surface area contributed by atoms with Crippen molar-refractivity contribution in [2.24, 2.45) is 7.05 Å². The van der Waals surface area contributed by atoms with Crippen LogP contribution in [-0.2, 0) is 13.6 Å². The monoisotopic (exact) mass is 251 g/mol. The summed E-state index contributed by atoms with van der Waals surface area (Å²) < 4.78 is 1.89. The lowest BCUT2D eigenvalue weighted by Gasteiger charge is -2.26. The van der Waals surface area contributed by atoms with Crippen LogP contribution >= 0.6 is 0 Å². The second-order valence-electron chi connectivity index (χ2n) is 5.77. The van der Waals surface area contributed by atoms with Crippen LogP contribution in [0.5, 0.6) is 0 Å². The van der Waals surface area contributed by atoms with Crippen LogP contribution in [0.1, 0.15) is 56.7 Å². The fourth-order valence-corrected chi connectivity index (χ4v) is 2.78. The highest BCUT2D eigenvalue weighted by Crippen LogP contribution is 2.20. The number of hydrogen-bond acceptors (Lipinski definition) is 3. The Labute approximate surface area is 109 Å². The van der Waals surface area contributed by atoms with Gasteiger partial charge in [-0.25, -0.2) is 0 Å². The Bertz CT molecular complexity index is 386. The van der Waals surface area contributed by atoms with Gasteiger partial charge in [-0.15, -0.1) is 0 Å². The molecule has 0 radical (unpaired) electrons. The third-order valence-corrected chi connectivity index (χ3v) is 3.71. The van der Waals surface area contributed by atoms with E-state index in [2.05, 4.69) is 30.5 Å². The molecular formula is C14H25N3O. The van der Waals surface area contributed by atoms with Crippen LogP contribution < -0.4 is 5.32 Å². The maximum atomic E-state index is 9.67. The zero-order valence-electron chi connectivity index (χ0n) is 11.7. The van der Waals surface area contributed by atoms with Gasteiger partial charge in [0, 0.05) is 31.4 Å². The quantitative estimate of drug-likeness (QED) is 0.860. The first-order chi connectivity index (χ1) is 8.56. The van der Waals surface area contributed by atoms with Gasteiger partial charge >= 0.3 is 0 Å². The Morgan fingerprint density at radius 3 is 2.94 bits per heavy atom. The summed E-state index contributed by atoms with van der Waals surface area (Å²) in [6.45, 7) is 5.21. The van der Waals surface area contributed by atoms with Crippen molar-refractivity contribution < 1.29 is 5.11 Å². The lowest BCUT2D eigenvalue weighted by Crippen LogP contribution is -2.35. The highest BCUT2D eigenvalue weighted by Gasteiger charge is 2.20. The van der Waals surface area contributed by atoms with Gasteiger partial charge in [0.25, 0.3) is 0 Å². The molecule has 1 aliphatic carbocycles. The number of rotatable bonds is 4. The van der Waals surface area contributed by atoms with Crippen molar-refractivity contribution in [3.8, 4) is 0 Å². The van der Waals surface area contributed by atoms with Crippen LogP contribution in [0.3, 0.4) is 0 Å². The van der Waals surface area contributed by atoms with Gasteiger partial charge in [0.15, 0.2) is 0 Å². The van der Waals surface area contributed by atoms with E-state index in [0.717, 1.165) is 25.8 Å². The van der Waals surface area contributed by atoms with Crippen molar-refractivity contribution in [2.45, 2.75) is 64.1 Å². The molecule has 102 valence electrons. The molecule has 2 unspecified atom stereocenters. The van der Waals surface area contributed by atoms with Gasteiger partial charge in [-0.1, -0.05) is 13.8 Å². The van der Waals surface area contributed by atoms with Crippen LogP contribution in [0.15, 0.2) is 6.20 Å². The molecule has 0 saturated heterocycles. The molecule has 1 aliphatic rings. The number of aliphatic hydroxyl groups is 1. The van der Waals surface area contributed by atoms with Crippen molar-refractivity contribution in [1.29, 1.82) is 0 Å². The lowest BCUT2D eigenvalue weighted by molar-refractivity contribution is 0.111. The maximum absolute atomic E-state index is 9.67. The van der Waals surface area contributed by atoms with Crippen molar-refractivity contribution in [1.82, 2.24) is 15.1 Å². The molecule has 4 nitrogen and oxygen atoms in total.